The van der Waals surface area contributed by atoms with Gasteiger partial charge >= 0.3 is 5.97 Å². The number of hydrogen-bond donors (Lipinski definition) is 6. The average Bonchev–Trinajstić information content (AvgIpc) is 3.43. The molecule has 0 saturated heterocycles. The number of carboxylic acid groups (broad SMARTS) is 1. The van der Waals surface area contributed by atoms with Crippen LogP contribution in [-0.2, 0) is 33.5 Å². The average molecular weight is 1050 g/mol. The van der Waals surface area contributed by atoms with Crippen LogP contribution in [0.15, 0.2) is 206 Å². The molecule has 0 radical (unpaired) electrons. The molecule has 0 spiro atoms. The first-order valence-corrected chi connectivity index (χ1v) is 27.2. The number of aliphatic carboxylic acids is 1. The Hall–Kier alpha value is -7.19. The van der Waals surface area contributed by atoms with Crippen LogP contribution in [0.5, 0.6) is 0 Å². The number of amides is 4. The maximum Gasteiger partial charge on any atom is 0.326 e. The molecule has 6 rings (SSSR count). The molecule has 0 heterocycles. The number of aliphatic hydroxyl groups is 1. The van der Waals surface area contributed by atoms with E-state index in [0.29, 0.717) is 12.2 Å². The molecule has 6 aromatic rings. The van der Waals surface area contributed by atoms with Crippen molar-refractivity contribution in [2.24, 2.45) is 11.8 Å². The molecular formula is C62H68N4O7S2. The third-order valence-corrected chi connectivity index (χ3v) is 16.0. The quantitative estimate of drug-likeness (QED) is 0.0134. The van der Waals surface area contributed by atoms with Crippen molar-refractivity contribution in [3.63, 3.8) is 0 Å². The highest BCUT2D eigenvalue weighted by Crippen LogP contribution is 2.50. The van der Waals surface area contributed by atoms with Crippen LogP contribution >= 0.6 is 23.5 Å². The van der Waals surface area contributed by atoms with Gasteiger partial charge < -0.3 is 31.5 Å². The van der Waals surface area contributed by atoms with Gasteiger partial charge in [-0.2, -0.15) is 0 Å². The SMILES string of the molecule is C/C=C(\NC(=O)[C@@H](CSC(c1ccccc1)(c1ccccc1)c1ccccc1)NC(=O)[C@H](NC(=O)C[C@H](O)/C=C/CCSC(c1ccccc1)(c1ccccc1)c1ccccc1)C(C)C)C(=O)N[C@H](C(=O)O)C(C)C. The number of hydrogen-bond acceptors (Lipinski definition) is 8. The lowest BCUT2D eigenvalue weighted by Gasteiger charge is -2.36. The van der Waals surface area contributed by atoms with Crippen LogP contribution in [-0.4, -0.2) is 75.5 Å². The number of benzene rings is 6. The lowest BCUT2D eigenvalue weighted by Crippen LogP contribution is -2.57. The highest BCUT2D eigenvalue weighted by atomic mass is 32.2. The second kappa shape index (κ2) is 27.9. The van der Waals surface area contributed by atoms with Crippen molar-refractivity contribution in [3.8, 4) is 0 Å². The molecule has 4 amide bonds. The van der Waals surface area contributed by atoms with Crippen LogP contribution in [0.2, 0.25) is 0 Å². The Morgan fingerprint density at radius 1 is 0.533 bits per heavy atom. The van der Waals surface area contributed by atoms with Gasteiger partial charge in [-0.05, 0) is 64.3 Å². The predicted molar refractivity (Wildman–Crippen MR) is 303 cm³/mol. The molecule has 11 nitrogen and oxygen atoms in total. The van der Waals surface area contributed by atoms with Crippen molar-refractivity contribution in [2.45, 2.75) is 81.2 Å². The Morgan fingerprint density at radius 2 is 0.920 bits per heavy atom. The van der Waals surface area contributed by atoms with Gasteiger partial charge in [-0.1, -0.05) is 228 Å². The number of carbonyl (C=O) groups is 5. The third kappa shape index (κ3) is 14.8. The maximum atomic E-state index is 14.6. The van der Waals surface area contributed by atoms with E-state index in [2.05, 4.69) is 57.7 Å². The molecule has 13 heteroatoms. The second-order valence-corrected chi connectivity index (χ2v) is 21.3. The lowest BCUT2D eigenvalue weighted by molar-refractivity contribution is -0.142. The minimum Gasteiger partial charge on any atom is -0.480 e. The molecule has 390 valence electrons. The number of carbonyl (C=O) groups excluding carboxylic acids is 4. The van der Waals surface area contributed by atoms with E-state index < -0.39 is 75.2 Å². The Labute approximate surface area is 450 Å². The number of carboxylic acids is 1. The van der Waals surface area contributed by atoms with Crippen LogP contribution in [0.3, 0.4) is 0 Å². The van der Waals surface area contributed by atoms with Gasteiger partial charge in [-0.15, -0.1) is 23.5 Å². The topological polar surface area (TPSA) is 174 Å². The summed E-state index contributed by atoms with van der Waals surface area (Å²) in [5.74, 6) is -4.23. The molecule has 0 fully saturated rings. The summed E-state index contributed by atoms with van der Waals surface area (Å²) in [6.45, 7) is 8.39. The van der Waals surface area contributed by atoms with Crippen LogP contribution in [0, 0.1) is 11.8 Å². The van der Waals surface area contributed by atoms with Crippen molar-refractivity contribution in [1.82, 2.24) is 21.3 Å². The molecule has 0 bridgehead atoms. The fourth-order valence-corrected chi connectivity index (χ4v) is 12.0. The van der Waals surface area contributed by atoms with Gasteiger partial charge in [0.25, 0.3) is 5.91 Å². The van der Waals surface area contributed by atoms with Gasteiger partial charge in [0.05, 0.1) is 22.0 Å². The molecule has 0 aliphatic carbocycles. The fourth-order valence-electron chi connectivity index (χ4n) is 8.96. The van der Waals surface area contributed by atoms with Crippen LogP contribution in [0.25, 0.3) is 0 Å². The van der Waals surface area contributed by atoms with Crippen molar-refractivity contribution >= 4 is 53.1 Å². The lowest BCUT2D eigenvalue weighted by atomic mass is 9.84. The minimum atomic E-state index is -1.30. The fraction of sp³-hybridized carbons (Fsp3) is 0.274. The van der Waals surface area contributed by atoms with Crippen molar-refractivity contribution in [1.29, 1.82) is 0 Å². The second-order valence-electron chi connectivity index (χ2n) is 18.8. The number of thioether (sulfide) groups is 2. The van der Waals surface area contributed by atoms with Gasteiger partial charge in [0.15, 0.2) is 0 Å². The Morgan fingerprint density at radius 3 is 1.28 bits per heavy atom. The number of allylic oxidation sites excluding steroid dienone is 2. The number of aliphatic hydroxyl groups excluding tert-OH is 1. The van der Waals surface area contributed by atoms with Crippen LogP contribution in [0.1, 0.15) is 80.8 Å². The van der Waals surface area contributed by atoms with E-state index in [0.717, 1.165) is 33.4 Å². The first-order chi connectivity index (χ1) is 36.2. The van der Waals surface area contributed by atoms with Crippen molar-refractivity contribution in [2.75, 3.05) is 11.5 Å². The largest absolute Gasteiger partial charge is 0.480 e. The molecule has 4 atom stereocenters. The summed E-state index contributed by atoms with van der Waals surface area (Å²) in [4.78, 5) is 68.4. The zero-order chi connectivity index (χ0) is 53.8. The van der Waals surface area contributed by atoms with E-state index in [-0.39, 0.29) is 17.9 Å². The van der Waals surface area contributed by atoms with Gasteiger partial charge in [-0.3, -0.25) is 19.2 Å². The zero-order valence-corrected chi connectivity index (χ0v) is 44.7. The summed E-state index contributed by atoms with van der Waals surface area (Å²) < 4.78 is -1.40. The number of rotatable bonds is 26. The van der Waals surface area contributed by atoms with Crippen molar-refractivity contribution < 1.29 is 34.2 Å². The first-order valence-electron chi connectivity index (χ1n) is 25.3. The molecule has 0 aromatic heterocycles. The first kappa shape index (κ1) is 57.1. The normalized spacial score (nSPS) is 13.6. The monoisotopic (exact) mass is 1040 g/mol. The smallest absolute Gasteiger partial charge is 0.326 e. The predicted octanol–water partition coefficient (Wildman–Crippen LogP) is 10.0. The maximum absolute atomic E-state index is 14.6. The summed E-state index contributed by atoms with van der Waals surface area (Å²) in [6.07, 6.45) is 3.98. The Bertz CT molecular complexity index is 2640. The zero-order valence-electron chi connectivity index (χ0n) is 43.1. The summed E-state index contributed by atoms with van der Waals surface area (Å²) in [5.41, 5.74) is 5.98. The minimum absolute atomic E-state index is 0.0255. The molecular weight excluding hydrogens is 977 g/mol. The summed E-state index contributed by atoms with van der Waals surface area (Å²) in [7, 11) is 0. The van der Waals surface area contributed by atoms with Crippen molar-refractivity contribution in [3.05, 3.63) is 239 Å². The van der Waals surface area contributed by atoms with E-state index in [1.165, 1.54) is 24.8 Å². The highest BCUT2D eigenvalue weighted by molar-refractivity contribution is 8.00. The molecule has 0 saturated carbocycles. The van der Waals surface area contributed by atoms with E-state index in [1.807, 2.05) is 152 Å². The summed E-state index contributed by atoms with van der Waals surface area (Å²) >= 11 is 3.21. The third-order valence-electron chi connectivity index (χ3n) is 12.8. The Kier molecular flexibility index (Phi) is 21.3. The molecule has 75 heavy (non-hydrogen) atoms. The molecule has 6 N–H and O–H groups in total. The summed E-state index contributed by atoms with van der Waals surface area (Å²) in [6, 6.07) is 57.0. The number of nitrogens with one attached hydrogen (secondary N) is 4. The van der Waals surface area contributed by atoms with Gasteiger partial charge in [-0.25, -0.2) is 4.79 Å². The van der Waals surface area contributed by atoms with Gasteiger partial charge in [0.2, 0.25) is 17.7 Å². The molecule has 0 aliphatic rings. The van der Waals surface area contributed by atoms with E-state index >= 15 is 0 Å². The molecule has 0 unspecified atom stereocenters. The molecule has 6 aromatic carbocycles. The van der Waals surface area contributed by atoms with Crippen LogP contribution < -0.4 is 21.3 Å². The Balaban J connectivity index is 1.20. The van der Waals surface area contributed by atoms with Crippen LogP contribution in [0.4, 0.5) is 0 Å². The highest BCUT2D eigenvalue weighted by Gasteiger charge is 2.40. The van der Waals surface area contributed by atoms with Gasteiger partial charge in [0, 0.05) is 5.75 Å². The van der Waals surface area contributed by atoms with E-state index in [9.17, 15) is 34.2 Å². The standard InChI is InChI=1S/C62H68N4O7S2/c1-6-52(57(69)66-56(44(4)5)60(72)73)63-58(70)53(42-75-62(48-33-19-10-20-34-48,49-35-21-11-22-36-49)50-37-23-12-24-38-50)64-59(71)55(43(2)3)65-54(68)41-51(67)39-25-26-40-74-61(45-27-13-7-14-28-45,46-29-15-8-16-30-46)47-31-17-9-18-32-47/h6-25,27-39,43-44,51,53,55-56,67H,26,40-42H2,1-5H3,(H,63,70)(H,64,71)(H,65,68)(H,66,69)(H,72,73)/b39-25+,52-6-/t51-,53-,55-,56+/m1/s1. The summed E-state index contributed by atoms with van der Waals surface area (Å²) in [5, 5.41) is 31.8. The van der Waals surface area contributed by atoms with E-state index in [4.69, 9.17) is 0 Å². The molecule has 0 aliphatic heterocycles. The van der Waals surface area contributed by atoms with Gasteiger partial charge in [0.1, 0.15) is 23.8 Å². The van der Waals surface area contributed by atoms with E-state index in [1.54, 1.807) is 45.5 Å².